The van der Waals surface area contributed by atoms with E-state index in [4.69, 9.17) is 11.6 Å². The van der Waals surface area contributed by atoms with Crippen LogP contribution in [0.5, 0.6) is 0 Å². The van der Waals surface area contributed by atoms with Crippen LogP contribution in [-0.2, 0) is 0 Å². The van der Waals surface area contributed by atoms with Crippen LogP contribution in [0.3, 0.4) is 0 Å². The van der Waals surface area contributed by atoms with Crippen LogP contribution in [0.25, 0.3) is 10.6 Å². The van der Waals surface area contributed by atoms with E-state index in [1.807, 2.05) is 17.5 Å². The summed E-state index contributed by atoms with van der Waals surface area (Å²) < 4.78 is 0. The van der Waals surface area contributed by atoms with Crippen LogP contribution in [0.4, 0.5) is 5.69 Å². The summed E-state index contributed by atoms with van der Waals surface area (Å²) >= 11 is 7.26. The van der Waals surface area contributed by atoms with Crippen LogP contribution in [-0.4, -0.2) is 27.2 Å². The normalized spacial score (nSPS) is 10.9. The van der Waals surface area contributed by atoms with Gasteiger partial charge >= 0.3 is 0 Å². The lowest BCUT2D eigenvalue weighted by atomic mass is 10.2. The highest BCUT2D eigenvalue weighted by Crippen LogP contribution is 2.24. The van der Waals surface area contributed by atoms with E-state index in [0.717, 1.165) is 10.6 Å². The van der Waals surface area contributed by atoms with Gasteiger partial charge in [-0.25, -0.2) is 5.43 Å². The van der Waals surface area contributed by atoms with Gasteiger partial charge in [0.1, 0.15) is 5.02 Å². The van der Waals surface area contributed by atoms with Crippen molar-refractivity contribution in [2.75, 3.05) is 0 Å². The number of H-pyrrole nitrogens is 1. The molecule has 1 aromatic carbocycles. The molecule has 0 atom stereocenters. The molecule has 2 N–H and O–H groups in total. The minimum atomic E-state index is -0.589. The van der Waals surface area contributed by atoms with Crippen LogP contribution >= 0.6 is 22.9 Å². The predicted octanol–water partition coefficient (Wildman–Crippen LogP) is 3.46. The van der Waals surface area contributed by atoms with Crippen LogP contribution in [0, 0.1) is 10.1 Å². The zero-order valence-electron chi connectivity index (χ0n) is 12.5. The quantitative estimate of drug-likeness (QED) is 0.403. The molecule has 0 radical (unpaired) electrons. The summed E-state index contributed by atoms with van der Waals surface area (Å²) in [6, 6.07) is 9.63. The molecule has 0 aliphatic rings. The van der Waals surface area contributed by atoms with Gasteiger partial charge < -0.3 is 0 Å². The van der Waals surface area contributed by atoms with Crippen molar-refractivity contribution in [3.8, 4) is 10.6 Å². The number of nitrogens with zero attached hydrogens (tertiary/aromatic N) is 3. The first-order valence-electron chi connectivity index (χ1n) is 6.91. The fourth-order valence-electron chi connectivity index (χ4n) is 1.97. The van der Waals surface area contributed by atoms with Gasteiger partial charge in [0.15, 0.2) is 5.69 Å². The molecule has 0 unspecified atom stereocenters. The van der Waals surface area contributed by atoms with Crippen molar-refractivity contribution in [2.45, 2.75) is 0 Å². The number of thiophene rings is 1. The monoisotopic (exact) mass is 375 g/mol. The predicted molar refractivity (Wildman–Crippen MR) is 95.1 cm³/mol. The van der Waals surface area contributed by atoms with E-state index >= 15 is 0 Å². The summed E-state index contributed by atoms with van der Waals surface area (Å²) in [5.41, 5.74) is 3.43. The van der Waals surface area contributed by atoms with Crippen LogP contribution < -0.4 is 5.43 Å². The number of nitro groups is 1. The van der Waals surface area contributed by atoms with Gasteiger partial charge in [-0.2, -0.15) is 10.2 Å². The first-order valence-corrected chi connectivity index (χ1v) is 8.17. The van der Waals surface area contributed by atoms with Crippen molar-refractivity contribution in [1.82, 2.24) is 15.6 Å². The number of nitro benzene ring substituents is 1. The second-order valence-corrected chi connectivity index (χ2v) is 6.17. The number of hydrogen-bond acceptors (Lipinski definition) is 6. The first kappa shape index (κ1) is 16.8. The second kappa shape index (κ2) is 7.24. The Morgan fingerprint density at radius 3 is 2.96 bits per heavy atom. The van der Waals surface area contributed by atoms with Gasteiger partial charge in [0, 0.05) is 11.6 Å². The molecule has 1 amide bonds. The zero-order valence-corrected chi connectivity index (χ0v) is 14.0. The van der Waals surface area contributed by atoms with Gasteiger partial charge in [0.05, 0.1) is 21.7 Å². The fraction of sp³-hybridized carbons (Fsp3) is 0. The lowest BCUT2D eigenvalue weighted by Crippen LogP contribution is -2.18. The number of nitrogens with one attached hydrogen (secondary N) is 2. The maximum Gasteiger partial charge on any atom is 0.291 e. The van der Waals surface area contributed by atoms with E-state index in [1.54, 1.807) is 12.1 Å². The highest BCUT2D eigenvalue weighted by Gasteiger charge is 2.13. The molecule has 3 aromatic rings. The van der Waals surface area contributed by atoms with Crippen LogP contribution in [0.2, 0.25) is 5.02 Å². The highest BCUT2D eigenvalue weighted by atomic mass is 35.5. The summed E-state index contributed by atoms with van der Waals surface area (Å²) in [6.07, 6.45) is 1.29. The molecule has 2 aromatic heterocycles. The average Bonchev–Trinajstić information content (AvgIpc) is 3.27. The topological polar surface area (TPSA) is 113 Å². The van der Waals surface area contributed by atoms with Crippen molar-refractivity contribution in [3.05, 3.63) is 68.2 Å². The molecule has 0 spiro atoms. The van der Waals surface area contributed by atoms with E-state index in [1.165, 1.54) is 29.7 Å². The van der Waals surface area contributed by atoms with E-state index in [2.05, 4.69) is 20.7 Å². The molecular formula is C15H10ClN5O3S. The molecule has 8 nitrogen and oxygen atoms in total. The van der Waals surface area contributed by atoms with E-state index < -0.39 is 10.8 Å². The molecule has 126 valence electrons. The van der Waals surface area contributed by atoms with Crippen LogP contribution in [0.15, 0.2) is 46.9 Å². The molecule has 0 fully saturated rings. The summed E-state index contributed by atoms with van der Waals surface area (Å²) in [5, 5.41) is 23.3. The maximum atomic E-state index is 12.0. The number of rotatable bonds is 5. The van der Waals surface area contributed by atoms with Gasteiger partial charge in [0.2, 0.25) is 0 Å². The molecule has 10 heteroatoms. The Labute approximate surface area is 150 Å². The Hall–Kier alpha value is -3.04. The number of hydrogen-bond donors (Lipinski definition) is 2. The molecular weight excluding hydrogens is 366 g/mol. The van der Waals surface area contributed by atoms with Crippen molar-refractivity contribution in [1.29, 1.82) is 0 Å². The van der Waals surface area contributed by atoms with Crippen molar-refractivity contribution >= 4 is 40.7 Å². The fourth-order valence-corrected chi connectivity index (χ4v) is 2.85. The summed E-state index contributed by atoms with van der Waals surface area (Å²) in [6.45, 7) is 0. The number of carbonyl (C=O) groups excluding carboxylic acids is 1. The Balaban J connectivity index is 1.67. The van der Waals surface area contributed by atoms with Crippen LogP contribution in [0.1, 0.15) is 16.1 Å². The van der Waals surface area contributed by atoms with E-state index in [0.29, 0.717) is 5.56 Å². The van der Waals surface area contributed by atoms with Gasteiger partial charge in [-0.15, -0.1) is 11.3 Å². The summed E-state index contributed by atoms with van der Waals surface area (Å²) in [7, 11) is 0. The SMILES string of the molecule is O=C(N/N=C/c1ccc(Cl)c([N+](=O)[O-])c1)c1cc(-c2cccs2)[nH]n1. The molecule has 25 heavy (non-hydrogen) atoms. The Morgan fingerprint density at radius 1 is 1.40 bits per heavy atom. The largest absolute Gasteiger partial charge is 0.291 e. The van der Waals surface area contributed by atoms with Crippen molar-refractivity contribution < 1.29 is 9.72 Å². The number of aromatic amines is 1. The molecule has 3 rings (SSSR count). The minimum Gasteiger partial charge on any atom is -0.276 e. The molecule has 0 saturated carbocycles. The highest BCUT2D eigenvalue weighted by molar-refractivity contribution is 7.13. The number of halogens is 1. The Morgan fingerprint density at radius 2 is 2.24 bits per heavy atom. The third kappa shape index (κ3) is 3.90. The van der Waals surface area contributed by atoms with Gasteiger partial charge in [0.25, 0.3) is 11.6 Å². The standard InChI is InChI=1S/C15H10ClN5O3S/c16-10-4-3-9(6-13(10)21(23)24)8-17-20-15(22)12-7-11(18-19-12)14-2-1-5-25-14/h1-8H,(H,18,19)(H,20,22)/b17-8+. The van der Waals surface area contributed by atoms with Gasteiger partial charge in [-0.05, 0) is 23.6 Å². The molecule has 0 saturated heterocycles. The van der Waals surface area contributed by atoms with Crippen molar-refractivity contribution in [3.63, 3.8) is 0 Å². The minimum absolute atomic E-state index is 0.0313. The number of amides is 1. The third-order valence-electron chi connectivity index (χ3n) is 3.14. The number of carbonyl (C=O) groups is 1. The maximum absolute atomic E-state index is 12.0. The Kier molecular flexibility index (Phi) is 4.87. The van der Waals surface area contributed by atoms with Gasteiger partial charge in [-0.3, -0.25) is 20.0 Å². The average molecular weight is 376 g/mol. The second-order valence-electron chi connectivity index (χ2n) is 4.81. The molecule has 0 bridgehead atoms. The van der Waals surface area contributed by atoms with E-state index in [9.17, 15) is 14.9 Å². The summed E-state index contributed by atoms with van der Waals surface area (Å²) in [5.74, 6) is -0.501. The smallest absolute Gasteiger partial charge is 0.276 e. The molecule has 2 heterocycles. The lowest BCUT2D eigenvalue weighted by molar-refractivity contribution is -0.384. The zero-order chi connectivity index (χ0) is 17.8. The van der Waals surface area contributed by atoms with E-state index in [-0.39, 0.29) is 16.4 Å². The number of benzene rings is 1. The molecule has 0 aliphatic carbocycles. The Bertz CT molecular complexity index is 952. The number of hydrazone groups is 1. The van der Waals surface area contributed by atoms with Crippen molar-refractivity contribution in [2.24, 2.45) is 5.10 Å². The first-order chi connectivity index (χ1) is 12.0. The third-order valence-corrected chi connectivity index (χ3v) is 4.37. The number of aromatic nitrogens is 2. The lowest BCUT2D eigenvalue weighted by Gasteiger charge is -1.97. The molecule has 0 aliphatic heterocycles. The van der Waals surface area contributed by atoms with Gasteiger partial charge in [-0.1, -0.05) is 23.7 Å². The summed E-state index contributed by atoms with van der Waals surface area (Å²) in [4.78, 5) is 23.2.